The fraction of sp³-hybridized carbons (Fsp3) is 0.636. The van der Waals surface area contributed by atoms with E-state index in [2.05, 4.69) is 15.2 Å². The molecule has 0 bridgehead atoms. The molecular formula is C11H19N5O2. The SMILES string of the molecule is CCc1nc(C(=O)N(CC(N)=O)CC(C)C)n[nH]1. The summed E-state index contributed by atoms with van der Waals surface area (Å²) in [6.07, 6.45) is 0.667. The summed E-state index contributed by atoms with van der Waals surface area (Å²) in [6, 6.07) is 0. The van der Waals surface area contributed by atoms with Crippen molar-refractivity contribution in [1.82, 2.24) is 20.1 Å². The average molecular weight is 253 g/mol. The standard InChI is InChI=1S/C11H19N5O2/c1-4-9-13-10(15-14-9)11(18)16(5-7(2)3)6-8(12)17/h7H,4-6H2,1-3H3,(H2,12,17)(H,13,14,15). The van der Waals surface area contributed by atoms with E-state index in [-0.39, 0.29) is 24.2 Å². The molecule has 0 atom stereocenters. The molecular weight excluding hydrogens is 234 g/mol. The van der Waals surface area contributed by atoms with E-state index < -0.39 is 5.91 Å². The first-order valence-electron chi connectivity index (χ1n) is 5.92. The highest BCUT2D eigenvalue weighted by atomic mass is 16.2. The second-order valence-corrected chi connectivity index (χ2v) is 4.51. The molecule has 1 rings (SSSR count). The van der Waals surface area contributed by atoms with Crippen LogP contribution in [0.5, 0.6) is 0 Å². The first kappa shape index (κ1) is 14.1. The number of amides is 2. The Kier molecular flexibility index (Phi) is 4.82. The number of nitrogens with two attached hydrogens (primary N) is 1. The van der Waals surface area contributed by atoms with Crippen LogP contribution in [0.25, 0.3) is 0 Å². The number of nitrogens with zero attached hydrogens (tertiary/aromatic N) is 3. The number of nitrogens with one attached hydrogen (secondary N) is 1. The monoisotopic (exact) mass is 253 g/mol. The van der Waals surface area contributed by atoms with Crippen molar-refractivity contribution in [2.24, 2.45) is 11.7 Å². The largest absolute Gasteiger partial charge is 0.368 e. The predicted octanol–water partition coefficient (Wildman–Crippen LogP) is -0.0494. The summed E-state index contributed by atoms with van der Waals surface area (Å²) in [7, 11) is 0. The highest BCUT2D eigenvalue weighted by molar-refractivity contribution is 5.93. The number of rotatable bonds is 6. The molecule has 7 nitrogen and oxygen atoms in total. The van der Waals surface area contributed by atoms with Crippen LogP contribution < -0.4 is 5.73 Å². The summed E-state index contributed by atoms with van der Waals surface area (Å²) >= 11 is 0. The van der Waals surface area contributed by atoms with E-state index in [1.165, 1.54) is 4.90 Å². The van der Waals surface area contributed by atoms with Crippen LogP contribution in [0.4, 0.5) is 0 Å². The van der Waals surface area contributed by atoms with Gasteiger partial charge in [0, 0.05) is 13.0 Å². The number of carbonyl (C=O) groups excluding carboxylic acids is 2. The van der Waals surface area contributed by atoms with Crippen molar-refractivity contribution in [3.8, 4) is 0 Å². The molecule has 3 N–H and O–H groups in total. The van der Waals surface area contributed by atoms with Crippen LogP contribution in [0.2, 0.25) is 0 Å². The summed E-state index contributed by atoms with van der Waals surface area (Å²) < 4.78 is 0. The number of H-pyrrole nitrogens is 1. The Morgan fingerprint density at radius 3 is 2.56 bits per heavy atom. The van der Waals surface area contributed by atoms with Gasteiger partial charge in [0.25, 0.3) is 5.91 Å². The van der Waals surface area contributed by atoms with Crippen LogP contribution in [-0.4, -0.2) is 45.0 Å². The lowest BCUT2D eigenvalue weighted by Gasteiger charge is -2.21. The minimum Gasteiger partial charge on any atom is -0.368 e. The van der Waals surface area contributed by atoms with Crippen molar-refractivity contribution in [2.45, 2.75) is 27.2 Å². The predicted molar refractivity (Wildman–Crippen MR) is 65.7 cm³/mol. The Labute approximate surface area is 106 Å². The van der Waals surface area contributed by atoms with E-state index in [4.69, 9.17) is 5.73 Å². The molecule has 0 saturated heterocycles. The lowest BCUT2D eigenvalue weighted by atomic mass is 10.2. The van der Waals surface area contributed by atoms with Gasteiger partial charge in [0.15, 0.2) is 0 Å². The van der Waals surface area contributed by atoms with Crippen LogP contribution in [0.3, 0.4) is 0 Å². The van der Waals surface area contributed by atoms with Gasteiger partial charge in [0.1, 0.15) is 5.82 Å². The first-order valence-corrected chi connectivity index (χ1v) is 5.92. The Hall–Kier alpha value is -1.92. The molecule has 7 heteroatoms. The molecule has 18 heavy (non-hydrogen) atoms. The van der Waals surface area contributed by atoms with Gasteiger partial charge in [-0.15, -0.1) is 5.10 Å². The number of hydrogen-bond donors (Lipinski definition) is 2. The van der Waals surface area contributed by atoms with Gasteiger partial charge in [0.05, 0.1) is 6.54 Å². The third kappa shape index (κ3) is 3.83. The molecule has 0 spiro atoms. The number of aryl methyl sites for hydroxylation is 1. The zero-order chi connectivity index (χ0) is 13.7. The Morgan fingerprint density at radius 1 is 1.44 bits per heavy atom. The van der Waals surface area contributed by atoms with Gasteiger partial charge in [-0.3, -0.25) is 14.7 Å². The van der Waals surface area contributed by atoms with E-state index in [0.29, 0.717) is 18.8 Å². The Balaban J connectivity index is 2.83. The van der Waals surface area contributed by atoms with Crippen LogP contribution in [0, 0.1) is 5.92 Å². The van der Waals surface area contributed by atoms with Gasteiger partial charge in [-0.1, -0.05) is 20.8 Å². The molecule has 0 fully saturated rings. The summed E-state index contributed by atoms with van der Waals surface area (Å²) in [6.45, 7) is 6.14. The summed E-state index contributed by atoms with van der Waals surface area (Å²) in [5.41, 5.74) is 5.13. The number of primary amides is 1. The molecule has 0 aromatic carbocycles. The van der Waals surface area contributed by atoms with Gasteiger partial charge in [-0.2, -0.15) is 0 Å². The molecule has 1 aromatic heterocycles. The van der Waals surface area contributed by atoms with Crippen LogP contribution in [0.1, 0.15) is 37.2 Å². The second kappa shape index (κ2) is 6.13. The zero-order valence-electron chi connectivity index (χ0n) is 10.9. The first-order chi connectivity index (χ1) is 8.43. The van der Waals surface area contributed by atoms with Gasteiger partial charge in [-0.25, -0.2) is 4.98 Å². The highest BCUT2D eigenvalue weighted by Crippen LogP contribution is 2.04. The third-order valence-corrected chi connectivity index (χ3v) is 2.28. The summed E-state index contributed by atoms with van der Waals surface area (Å²) in [4.78, 5) is 28.5. The molecule has 0 radical (unpaired) electrons. The smallest absolute Gasteiger partial charge is 0.294 e. The van der Waals surface area contributed by atoms with E-state index in [9.17, 15) is 9.59 Å². The molecule has 0 aliphatic rings. The summed E-state index contributed by atoms with van der Waals surface area (Å²) in [5.74, 6) is 0.0299. The lowest BCUT2D eigenvalue weighted by molar-refractivity contribution is -0.118. The molecule has 0 saturated carbocycles. The molecule has 1 aromatic rings. The topological polar surface area (TPSA) is 105 Å². The fourth-order valence-electron chi connectivity index (χ4n) is 1.54. The van der Waals surface area contributed by atoms with Gasteiger partial charge in [0.2, 0.25) is 11.7 Å². The number of carbonyl (C=O) groups is 2. The van der Waals surface area contributed by atoms with E-state index in [0.717, 1.165) is 0 Å². The van der Waals surface area contributed by atoms with Crippen LogP contribution in [0.15, 0.2) is 0 Å². The van der Waals surface area contributed by atoms with Crippen molar-refractivity contribution in [3.63, 3.8) is 0 Å². The number of aromatic amines is 1. The zero-order valence-corrected chi connectivity index (χ0v) is 10.9. The van der Waals surface area contributed by atoms with Gasteiger partial charge < -0.3 is 10.6 Å². The van der Waals surface area contributed by atoms with E-state index >= 15 is 0 Å². The fourth-order valence-corrected chi connectivity index (χ4v) is 1.54. The lowest BCUT2D eigenvalue weighted by Crippen LogP contribution is -2.41. The van der Waals surface area contributed by atoms with Crippen LogP contribution in [-0.2, 0) is 11.2 Å². The molecule has 0 aliphatic carbocycles. The molecule has 0 aliphatic heterocycles. The van der Waals surface area contributed by atoms with Crippen molar-refractivity contribution in [3.05, 3.63) is 11.6 Å². The average Bonchev–Trinajstić information content (AvgIpc) is 2.74. The quantitative estimate of drug-likeness (QED) is 0.741. The minimum atomic E-state index is -0.546. The Morgan fingerprint density at radius 2 is 2.11 bits per heavy atom. The van der Waals surface area contributed by atoms with Gasteiger partial charge >= 0.3 is 0 Å². The number of aromatic nitrogens is 3. The van der Waals surface area contributed by atoms with Crippen molar-refractivity contribution < 1.29 is 9.59 Å². The van der Waals surface area contributed by atoms with Gasteiger partial charge in [-0.05, 0) is 5.92 Å². The van der Waals surface area contributed by atoms with Crippen LogP contribution >= 0.6 is 0 Å². The minimum absolute atomic E-state index is 0.0775. The second-order valence-electron chi connectivity index (χ2n) is 4.51. The Bertz CT molecular complexity index is 427. The van der Waals surface area contributed by atoms with Crippen molar-refractivity contribution in [2.75, 3.05) is 13.1 Å². The molecule has 1 heterocycles. The van der Waals surface area contributed by atoms with Crippen molar-refractivity contribution in [1.29, 1.82) is 0 Å². The number of hydrogen-bond acceptors (Lipinski definition) is 4. The van der Waals surface area contributed by atoms with E-state index in [1.807, 2.05) is 20.8 Å². The van der Waals surface area contributed by atoms with E-state index in [1.54, 1.807) is 0 Å². The van der Waals surface area contributed by atoms with Crippen molar-refractivity contribution >= 4 is 11.8 Å². The normalized spacial score (nSPS) is 10.7. The summed E-state index contributed by atoms with van der Waals surface area (Å²) in [5, 5.41) is 6.52. The molecule has 100 valence electrons. The molecule has 0 unspecified atom stereocenters. The molecule has 2 amide bonds. The maximum Gasteiger partial charge on any atom is 0.294 e. The maximum absolute atomic E-state index is 12.1. The third-order valence-electron chi connectivity index (χ3n) is 2.28. The highest BCUT2D eigenvalue weighted by Gasteiger charge is 2.22. The maximum atomic E-state index is 12.1.